The quantitative estimate of drug-likeness (QED) is 0.443. The van der Waals surface area contributed by atoms with E-state index in [2.05, 4.69) is 20.5 Å². The number of hydrogen-bond donors (Lipinski definition) is 3. The zero-order valence-electron chi connectivity index (χ0n) is 18.0. The van der Waals surface area contributed by atoms with Crippen molar-refractivity contribution >= 4 is 17.6 Å². The van der Waals surface area contributed by atoms with Crippen LogP contribution in [-0.4, -0.2) is 39.7 Å². The van der Waals surface area contributed by atoms with Crippen molar-refractivity contribution in [1.82, 2.24) is 15.1 Å². The lowest BCUT2D eigenvalue weighted by molar-refractivity contribution is -0.274. The van der Waals surface area contributed by atoms with Gasteiger partial charge < -0.3 is 20.5 Å². The molecule has 0 radical (unpaired) electrons. The minimum atomic E-state index is -4.82. The minimum absolute atomic E-state index is 0.0884. The number of hydrogen-bond acceptors (Lipinski definition) is 5. The number of phenols is 1. The summed E-state index contributed by atoms with van der Waals surface area (Å²) in [5, 5.41) is 20.1. The molecule has 34 heavy (non-hydrogen) atoms. The third-order valence-electron chi connectivity index (χ3n) is 5.13. The van der Waals surface area contributed by atoms with Crippen molar-refractivity contribution in [3.8, 4) is 22.8 Å². The van der Waals surface area contributed by atoms with Crippen LogP contribution in [0.4, 0.5) is 23.7 Å². The van der Waals surface area contributed by atoms with Crippen molar-refractivity contribution < 1.29 is 32.6 Å². The summed E-state index contributed by atoms with van der Waals surface area (Å²) in [6, 6.07) is 10.2. The van der Waals surface area contributed by atoms with Gasteiger partial charge in [-0.05, 0) is 68.3 Å². The summed E-state index contributed by atoms with van der Waals surface area (Å²) in [6.07, 6.45) is -2.94. The standard InChI is InChI=1S/C23H21F3N4O4/c1-2-27-22(33)30-19(13-3-4-13)12-18(29-30)17-11-15(7-10-20(17)31)28-21(32)14-5-8-16(9-6-14)34-23(24,25)26/h5-13,31H,2-4H2,1H3,(H,27,33)(H,28,32). The van der Waals surface area contributed by atoms with E-state index < -0.39 is 18.0 Å². The molecule has 8 nitrogen and oxygen atoms in total. The predicted molar refractivity (Wildman–Crippen MR) is 117 cm³/mol. The SMILES string of the molecule is CCNC(=O)n1nc(-c2cc(NC(=O)c3ccc(OC(F)(F)F)cc3)ccc2O)cc1C1CC1. The molecule has 1 saturated carbocycles. The van der Waals surface area contributed by atoms with Gasteiger partial charge in [0.1, 0.15) is 11.5 Å². The van der Waals surface area contributed by atoms with Crippen molar-refractivity contribution in [2.45, 2.75) is 32.0 Å². The molecule has 0 spiro atoms. The van der Waals surface area contributed by atoms with E-state index in [-0.39, 0.29) is 23.3 Å². The third-order valence-corrected chi connectivity index (χ3v) is 5.13. The summed E-state index contributed by atoms with van der Waals surface area (Å²) in [4.78, 5) is 24.9. The fourth-order valence-electron chi connectivity index (χ4n) is 3.42. The maximum Gasteiger partial charge on any atom is 0.573 e. The fourth-order valence-corrected chi connectivity index (χ4v) is 3.42. The highest BCUT2D eigenvalue weighted by Gasteiger charge is 2.31. The first-order valence-electron chi connectivity index (χ1n) is 10.5. The molecule has 4 rings (SSSR count). The molecule has 0 bridgehead atoms. The number of anilines is 1. The van der Waals surface area contributed by atoms with Gasteiger partial charge in [-0.3, -0.25) is 4.79 Å². The Morgan fingerprint density at radius 3 is 2.47 bits per heavy atom. The van der Waals surface area contributed by atoms with Crippen LogP contribution in [-0.2, 0) is 0 Å². The molecule has 2 aromatic carbocycles. The van der Waals surface area contributed by atoms with Gasteiger partial charge in [-0.2, -0.15) is 9.78 Å². The third kappa shape index (κ3) is 5.30. The highest BCUT2D eigenvalue weighted by Crippen LogP contribution is 2.42. The van der Waals surface area contributed by atoms with E-state index in [1.165, 1.54) is 35.0 Å². The van der Waals surface area contributed by atoms with Gasteiger partial charge in [-0.25, -0.2) is 4.79 Å². The van der Waals surface area contributed by atoms with Crippen LogP contribution in [0, 0.1) is 0 Å². The number of carbonyl (C=O) groups is 2. The largest absolute Gasteiger partial charge is 0.573 e. The lowest BCUT2D eigenvalue weighted by atomic mass is 10.1. The Kier molecular flexibility index (Phi) is 6.18. The number of ether oxygens (including phenoxy) is 1. The topological polar surface area (TPSA) is 105 Å². The lowest BCUT2D eigenvalue weighted by Gasteiger charge is -2.10. The average Bonchev–Trinajstić information content (AvgIpc) is 3.53. The molecular weight excluding hydrogens is 453 g/mol. The summed E-state index contributed by atoms with van der Waals surface area (Å²) in [5.41, 5.74) is 1.87. The maximum atomic E-state index is 12.6. The second kappa shape index (κ2) is 9.08. The van der Waals surface area contributed by atoms with Gasteiger partial charge >= 0.3 is 12.4 Å². The molecule has 0 saturated heterocycles. The number of aromatic nitrogens is 2. The number of phenolic OH excluding ortho intramolecular Hbond substituents is 1. The number of carbonyl (C=O) groups excluding carboxylic acids is 2. The number of amides is 2. The van der Waals surface area contributed by atoms with E-state index in [1.54, 1.807) is 13.0 Å². The van der Waals surface area contributed by atoms with Crippen molar-refractivity contribution in [3.05, 3.63) is 59.8 Å². The second-order valence-corrected chi connectivity index (χ2v) is 7.73. The van der Waals surface area contributed by atoms with Gasteiger partial charge in [-0.15, -0.1) is 13.2 Å². The van der Waals surface area contributed by atoms with Crippen LogP contribution >= 0.6 is 0 Å². The van der Waals surface area contributed by atoms with Crippen LogP contribution < -0.4 is 15.4 Å². The van der Waals surface area contributed by atoms with E-state index >= 15 is 0 Å². The van der Waals surface area contributed by atoms with Crippen molar-refractivity contribution in [2.75, 3.05) is 11.9 Å². The number of rotatable bonds is 6. The van der Waals surface area contributed by atoms with Gasteiger partial charge in [0.2, 0.25) is 0 Å². The Balaban J connectivity index is 1.55. The molecule has 0 atom stereocenters. The van der Waals surface area contributed by atoms with Gasteiger partial charge in [0.05, 0.1) is 11.4 Å². The van der Waals surface area contributed by atoms with E-state index in [9.17, 15) is 27.9 Å². The van der Waals surface area contributed by atoms with Gasteiger partial charge in [-0.1, -0.05) is 0 Å². The summed E-state index contributed by atoms with van der Waals surface area (Å²) in [6.45, 7) is 2.24. The number of nitrogens with zero attached hydrogens (tertiary/aromatic N) is 2. The maximum absolute atomic E-state index is 12.6. The number of benzene rings is 2. The lowest BCUT2D eigenvalue weighted by Crippen LogP contribution is -2.30. The molecule has 0 unspecified atom stereocenters. The Bertz CT molecular complexity index is 1220. The number of halogens is 3. The van der Waals surface area contributed by atoms with E-state index in [4.69, 9.17) is 0 Å². The molecule has 1 fully saturated rings. The summed E-state index contributed by atoms with van der Waals surface area (Å²) in [7, 11) is 0. The average molecular weight is 474 g/mol. The molecule has 11 heteroatoms. The first-order valence-corrected chi connectivity index (χ1v) is 10.5. The van der Waals surface area contributed by atoms with Crippen LogP contribution in [0.3, 0.4) is 0 Å². The Hall–Kier alpha value is -4.02. The molecular formula is C23H21F3N4O4. The molecule has 1 aliphatic rings. The van der Waals surface area contributed by atoms with E-state index in [0.29, 0.717) is 23.5 Å². The fraction of sp³-hybridized carbons (Fsp3) is 0.261. The van der Waals surface area contributed by atoms with E-state index in [1.807, 2.05) is 0 Å². The molecule has 3 aromatic rings. The van der Waals surface area contributed by atoms with Crippen LogP contribution in [0.1, 0.15) is 41.7 Å². The first-order chi connectivity index (χ1) is 16.1. The molecule has 1 aromatic heterocycles. The van der Waals surface area contributed by atoms with Gasteiger partial charge in [0.15, 0.2) is 0 Å². The van der Waals surface area contributed by atoms with Gasteiger partial charge in [0, 0.05) is 29.3 Å². The molecule has 3 N–H and O–H groups in total. The van der Waals surface area contributed by atoms with Gasteiger partial charge in [0.25, 0.3) is 5.91 Å². The van der Waals surface area contributed by atoms with Crippen LogP contribution in [0.5, 0.6) is 11.5 Å². The van der Waals surface area contributed by atoms with Crippen LogP contribution in [0.2, 0.25) is 0 Å². The molecule has 2 amide bonds. The van der Waals surface area contributed by atoms with E-state index in [0.717, 1.165) is 30.7 Å². The first kappa shape index (κ1) is 23.1. The summed E-state index contributed by atoms with van der Waals surface area (Å²) < 4.78 is 42.0. The Labute approximate surface area is 192 Å². The second-order valence-electron chi connectivity index (χ2n) is 7.73. The normalized spacial score (nSPS) is 13.4. The Morgan fingerprint density at radius 1 is 1.15 bits per heavy atom. The molecule has 1 heterocycles. The van der Waals surface area contributed by atoms with Crippen LogP contribution in [0.15, 0.2) is 48.5 Å². The van der Waals surface area contributed by atoms with Crippen molar-refractivity contribution in [3.63, 3.8) is 0 Å². The van der Waals surface area contributed by atoms with Crippen molar-refractivity contribution in [2.24, 2.45) is 0 Å². The zero-order chi connectivity index (χ0) is 24.5. The summed E-state index contributed by atoms with van der Waals surface area (Å²) >= 11 is 0. The number of nitrogens with one attached hydrogen (secondary N) is 2. The molecule has 0 aliphatic heterocycles. The highest BCUT2D eigenvalue weighted by atomic mass is 19.4. The van der Waals surface area contributed by atoms with Crippen molar-refractivity contribution in [1.29, 1.82) is 0 Å². The highest BCUT2D eigenvalue weighted by molar-refractivity contribution is 6.04. The smallest absolute Gasteiger partial charge is 0.507 e. The monoisotopic (exact) mass is 474 g/mol. The number of alkyl halides is 3. The minimum Gasteiger partial charge on any atom is -0.507 e. The zero-order valence-corrected chi connectivity index (χ0v) is 18.0. The Morgan fingerprint density at radius 2 is 1.85 bits per heavy atom. The number of aromatic hydroxyl groups is 1. The molecule has 178 valence electrons. The predicted octanol–water partition coefficient (Wildman–Crippen LogP) is 4.86. The summed E-state index contributed by atoms with van der Waals surface area (Å²) in [5.74, 6) is -0.875. The van der Waals surface area contributed by atoms with Crippen LogP contribution in [0.25, 0.3) is 11.3 Å². The molecule has 1 aliphatic carbocycles.